The Balaban J connectivity index is 1.70. The molecule has 2 heterocycles. The fraction of sp³-hybridized carbons (Fsp3) is 0.312. The maximum absolute atomic E-state index is 12.3. The van der Waals surface area contributed by atoms with Gasteiger partial charge in [0.2, 0.25) is 5.91 Å². The zero-order valence-corrected chi connectivity index (χ0v) is 13.8. The van der Waals surface area contributed by atoms with Crippen LogP contribution in [0.3, 0.4) is 0 Å². The molecule has 1 aromatic carbocycles. The number of carboxylic acids is 1. The average Bonchev–Trinajstić information content (AvgIpc) is 3.16. The van der Waals surface area contributed by atoms with Crippen molar-refractivity contribution in [2.75, 3.05) is 6.54 Å². The van der Waals surface area contributed by atoms with Crippen molar-refractivity contribution in [3.05, 3.63) is 40.4 Å². The van der Waals surface area contributed by atoms with Gasteiger partial charge in [-0.25, -0.2) is 9.78 Å². The van der Waals surface area contributed by atoms with Crippen LogP contribution in [0.25, 0.3) is 10.6 Å². The molecule has 7 heteroatoms. The zero-order valence-electron chi connectivity index (χ0n) is 12.2. The summed E-state index contributed by atoms with van der Waals surface area (Å²) in [5, 5.41) is 12.5. The lowest BCUT2D eigenvalue weighted by molar-refractivity contribution is -0.148. The van der Waals surface area contributed by atoms with E-state index >= 15 is 0 Å². The Hall–Kier alpha value is -1.92. The molecule has 1 atom stereocenters. The van der Waals surface area contributed by atoms with E-state index in [-0.39, 0.29) is 12.3 Å². The van der Waals surface area contributed by atoms with Gasteiger partial charge in [0.25, 0.3) is 0 Å². The van der Waals surface area contributed by atoms with E-state index in [1.54, 1.807) is 12.1 Å². The minimum Gasteiger partial charge on any atom is -0.480 e. The quantitative estimate of drug-likeness (QED) is 0.919. The highest BCUT2D eigenvalue weighted by Crippen LogP contribution is 2.26. The van der Waals surface area contributed by atoms with Crippen molar-refractivity contribution in [3.63, 3.8) is 0 Å². The highest BCUT2D eigenvalue weighted by atomic mass is 35.5. The lowest BCUT2D eigenvalue weighted by Gasteiger charge is -2.20. The second kappa shape index (κ2) is 6.68. The molecule has 0 spiro atoms. The van der Waals surface area contributed by atoms with Gasteiger partial charge in [0.15, 0.2) is 0 Å². The number of carboxylic acid groups (broad SMARTS) is 1. The monoisotopic (exact) mass is 350 g/mol. The fourth-order valence-corrected chi connectivity index (χ4v) is 3.64. The van der Waals surface area contributed by atoms with E-state index in [4.69, 9.17) is 16.7 Å². The number of nitrogens with zero attached hydrogens (tertiary/aromatic N) is 2. The number of hydrogen-bond acceptors (Lipinski definition) is 4. The lowest BCUT2D eigenvalue weighted by atomic mass is 10.2. The second-order valence-corrected chi connectivity index (χ2v) is 6.71. The molecule has 0 bridgehead atoms. The Bertz CT molecular complexity index is 729. The first kappa shape index (κ1) is 16.0. The van der Waals surface area contributed by atoms with Gasteiger partial charge in [-0.15, -0.1) is 11.3 Å². The minimum absolute atomic E-state index is 0.133. The van der Waals surface area contributed by atoms with Crippen LogP contribution in [0.2, 0.25) is 5.02 Å². The number of rotatable bonds is 4. The van der Waals surface area contributed by atoms with E-state index in [1.807, 2.05) is 17.5 Å². The standard InChI is InChI=1S/C16H15ClN2O3S/c17-11-5-3-10(4-6-11)15-18-12(9-23-15)8-14(20)19-7-1-2-13(19)16(21)22/h3-6,9,13H,1-2,7-8H2,(H,21,22)/t13-/m1/s1. The first-order chi connectivity index (χ1) is 11.0. The van der Waals surface area contributed by atoms with Crippen LogP contribution in [0, 0.1) is 0 Å². The summed E-state index contributed by atoms with van der Waals surface area (Å²) in [4.78, 5) is 29.4. The van der Waals surface area contributed by atoms with Crippen LogP contribution >= 0.6 is 22.9 Å². The molecule has 2 aromatic rings. The molecule has 0 radical (unpaired) electrons. The number of carbonyl (C=O) groups is 2. The maximum atomic E-state index is 12.3. The van der Waals surface area contributed by atoms with Gasteiger partial charge >= 0.3 is 5.97 Å². The molecule has 3 rings (SSSR count). The lowest BCUT2D eigenvalue weighted by Crippen LogP contribution is -2.41. The Labute approximate surface area is 142 Å². The number of halogens is 1. The highest BCUT2D eigenvalue weighted by Gasteiger charge is 2.33. The molecule has 1 aliphatic heterocycles. The largest absolute Gasteiger partial charge is 0.480 e. The summed E-state index contributed by atoms with van der Waals surface area (Å²) in [6.07, 6.45) is 1.39. The van der Waals surface area contributed by atoms with Crippen molar-refractivity contribution >= 4 is 34.8 Å². The van der Waals surface area contributed by atoms with Crippen molar-refractivity contribution < 1.29 is 14.7 Å². The number of hydrogen-bond donors (Lipinski definition) is 1. The van der Waals surface area contributed by atoms with E-state index < -0.39 is 12.0 Å². The van der Waals surface area contributed by atoms with Crippen LogP contribution in [0.5, 0.6) is 0 Å². The van der Waals surface area contributed by atoms with Gasteiger partial charge < -0.3 is 10.0 Å². The summed E-state index contributed by atoms with van der Waals surface area (Å²) in [6, 6.07) is 6.66. The third-order valence-corrected chi connectivity index (χ3v) is 5.03. The second-order valence-electron chi connectivity index (χ2n) is 5.41. The Morgan fingerprint density at radius 3 is 2.78 bits per heavy atom. The van der Waals surface area contributed by atoms with Gasteiger partial charge in [0.05, 0.1) is 12.1 Å². The molecule has 0 saturated carbocycles. The van der Waals surface area contributed by atoms with Crippen LogP contribution in [0.4, 0.5) is 0 Å². The van der Waals surface area contributed by atoms with Gasteiger partial charge in [-0.3, -0.25) is 4.79 Å². The number of aromatic nitrogens is 1. The topological polar surface area (TPSA) is 70.5 Å². The van der Waals surface area contributed by atoms with Crippen LogP contribution in [0.1, 0.15) is 18.5 Å². The van der Waals surface area contributed by atoms with Crippen molar-refractivity contribution in [2.45, 2.75) is 25.3 Å². The van der Waals surface area contributed by atoms with Crippen molar-refractivity contribution in [2.24, 2.45) is 0 Å². The van der Waals surface area contributed by atoms with E-state index in [9.17, 15) is 9.59 Å². The van der Waals surface area contributed by atoms with Crippen LogP contribution in [-0.2, 0) is 16.0 Å². The molecule has 1 fully saturated rings. The number of amides is 1. The molecule has 1 aromatic heterocycles. The molecule has 1 aliphatic rings. The molecular formula is C16H15ClN2O3S. The molecule has 5 nitrogen and oxygen atoms in total. The molecule has 0 aliphatic carbocycles. The molecule has 1 amide bonds. The van der Waals surface area contributed by atoms with Gasteiger partial charge in [-0.2, -0.15) is 0 Å². The average molecular weight is 351 g/mol. The molecule has 0 unspecified atom stereocenters. The van der Waals surface area contributed by atoms with Crippen LogP contribution in [-0.4, -0.2) is 39.5 Å². The maximum Gasteiger partial charge on any atom is 0.326 e. The number of carbonyl (C=O) groups excluding carboxylic acids is 1. The van der Waals surface area contributed by atoms with E-state index in [1.165, 1.54) is 16.2 Å². The Kier molecular flexibility index (Phi) is 4.63. The molecule has 1 saturated heterocycles. The third-order valence-electron chi connectivity index (χ3n) is 3.83. The SMILES string of the molecule is O=C(O)[C@H]1CCCN1C(=O)Cc1csc(-c2ccc(Cl)cc2)n1. The zero-order chi connectivity index (χ0) is 16.4. The summed E-state index contributed by atoms with van der Waals surface area (Å²) in [5.41, 5.74) is 1.61. The third kappa shape index (κ3) is 3.54. The van der Waals surface area contributed by atoms with Gasteiger partial charge in [0.1, 0.15) is 11.0 Å². The number of likely N-dealkylation sites (tertiary alicyclic amines) is 1. The molecule has 1 N–H and O–H groups in total. The number of aliphatic carboxylic acids is 1. The van der Waals surface area contributed by atoms with Crippen molar-refractivity contribution in [1.29, 1.82) is 0 Å². The Morgan fingerprint density at radius 2 is 2.09 bits per heavy atom. The van der Waals surface area contributed by atoms with Crippen molar-refractivity contribution in [3.8, 4) is 10.6 Å². The van der Waals surface area contributed by atoms with E-state index in [0.29, 0.717) is 23.7 Å². The smallest absolute Gasteiger partial charge is 0.326 e. The summed E-state index contributed by atoms with van der Waals surface area (Å²) in [6.45, 7) is 0.504. The summed E-state index contributed by atoms with van der Waals surface area (Å²) >= 11 is 7.33. The number of benzene rings is 1. The first-order valence-electron chi connectivity index (χ1n) is 7.27. The summed E-state index contributed by atoms with van der Waals surface area (Å²) < 4.78 is 0. The fourth-order valence-electron chi connectivity index (χ4n) is 2.69. The van der Waals surface area contributed by atoms with Crippen LogP contribution < -0.4 is 0 Å². The van der Waals surface area contributed by atoms with Gasteiger partial charge in [-0.1, -0.05) is 23.7 Å². The van der Waals surface area contributed by atoms with Crippen molar-refractivity contribution in [1.82, 2.24) is 9.88 Å². The first-order valence-corrected chi connectivity index (χ1v) is 8.53. The predicted molar refractivity (Wildman–Crippen MR) is 88.6 cm³/mol. The predicted octanol–water partition coefficient (Wildman–Crippen LogP) is 3.08. The molecule has 120 valence electrons. The molecular weight excluding hydrogens is 336 g/mol. The summed E-state index contributed by atoms with van der Waals surface area (Å²) in [7, 11) is 0. The Morgan fingerprint density at radius 1 is 1.35 bits per heavy atom. The highest BCUT2D eigenvalue weighted by molar-refractivity contribution is 7.13. The van der Waals surface area contributed by atoms with E-state index in [0.717, 1.165) is 17.0 Å². The summed E-state index contributed by atoms with van der Waals surface area (Å²) in [5.74, 6) is -1.11. The minimum atomic E-state index is -0.934. The number of thiazole rings is 1. The normalized spacial score (nSPS) is 17.4. The van der Waals surface area contributed by atoms with Crippen LogP contribution in [0.15, 0.2) is 29.6 Å². The van der Waals surface area contributed by atoms with Gasteiger partial charge in [0, 0.05) is 22.5 Å². The molecule has 23 heavy (non-hydrogen) atoms. The van der Waals surface area contributed by atoms with E-state index in [2.05, 4.69) is 4.98 Å². The van der Waals surface area contributed by atoms with Gasteiger partial charge in [-0.05, 0) is 25.0 Å².